The molecule has 9 heteroatoms. The number of carbonyl (C=O) groups is 3. The molecule has 1 heterocycles. The molecule has 3 rings (SSSR count). The predicted molar refractivity (Wildman–Crippen MR) is 144 cm³/mol. The second-order valence-corrected chi connectivity index (χ2v) is 10.7. The van der Waals surface area contributed by atoms with Crippen LogP contribution < -0.4 is 20.3 Å². The smallest absolute Gasteiger partial charge is 0.307 e. The lowest BCUT2D eigenvalue weighted by Crippen LogP contribution is -2.53. The number of hydrogen-bond donors (Lipinski definition) is 2. The van der Waals surface area contributed by atoms with Crippen molar-refractivity contribution in [2.45, 2.75) is 59.0 Å². The highest BCUT2D eigenvalue weighted by Crippen LogP contribution is 2.29. The maximum absolute atomic E-state index is 13.7. The number of methoxy groups -OCH3 is 1. The summed E-state index contributed by atoms with van der Waals surface area (Å²) in [6, 6.07) is 9.94. The van der Waals surface area contributed by atoms with Crippen molar-refractivity contribution in [2.24, 2.45) is 5.41 Å². The van der Waals surface area contributed by atoms with Crippen molar-refractivity contribution in [1.82, 2.24) is 10.6 Å². The number of ether oxygens (including phenoxy) is 2. The van der Waals surface area contributed by atoms with Crippen LogP contribution >= 0.6 is 0 Å². The third kappa shape index (κ3) is 8.19. The number of fused-ring (bicyclic) bond motifs is 1. The summed E-state index contributed by atoms with van der Waals surface area (Å²) in [7, 11) is 1.52. The molecule has 2 aromatic rings. The Morgan fingerprint density at radius 1 is 1.11 bits per heavy atom. The number of amides is 2. The molecule has 0 saturated heterocycles. The van der Waals surface area contributed by atoms with Gasteiger partial charge in [-0.05, 0) is 67.1 Å². The van der Waals surface area contributed by atoms with E-state index >= 15 is 0 Å². The fraction of sp³-hybridized carbons (Fsp3) is 0.483. The second-order valence-electron chi connectivity index (χ2n) is 10.7. The predicted octanol–water partition coefficient (Wildman–Crippen LogP) is 3.87. The Balaban J connectivity index is 1.78. The third-order valence-corrected chi connectivity index (χ3v) is 6.31. The molecule has 206 valence electrons. The zero-order valence-corrected chi connectivity index (χ0v) is 22.8. The standard InChI is InChI=1S/C29H38FN3O5/c1-6-38-26(34)16-22(18-33-13-12-19-14-21(30)10-11-25(19)33)31-28(36)24(17-29(2,3)4)32-27(35)20-8-7-9-23(15-20)37-5/h7-11,14-15,22,24H,6,12-13,16-18H2,1-5H3,(H,31,36)(H,32,35)/t22?,24-/m0/s1. The zero-order chi connectivity index (χ0) is 27.9. The summed E-state index contributed by atoms with van der Waals surface area (Å²) < 4.78 is 24.1. The molecule has 0 fully saturated rings. The SMILES string of the molecule is CCOC(=O)CC(CN1CCc2cc(F)ccc21)NC(=O)[C@H](CC(C)(C)C)NC(=O)c1cccc(OC)c1. The van der Waals surface area contributed by atoms with Crippen LogP contribution in [-0.4, -0.2) is 56.7 Å². The van der Waals surface area contributed by atoms with E-state index in [9.17, 15) is 18.8 Å². The van der Waals surface area contributed by atoms with Crippen LogP contribution in [0.5, 0.6) is 5.75 Å². The molecule has 38 heavy (non-hydrogen) atoms. The van der Waals surface area contributed by atoms with Gasteiger partial charge in [-0.25, -0.2) is 4.39 Å². The van der Waals surface area contributed by atoms with E-state index in [2.05, 4.69) is 10.6 Å². The minimum Gasteiger partial charge on any atom is -0.497 e. The van der Waals surface area contributed by atoms with E-state index in [0.717, 1.165) is 11.3 Å². The van der Waals surface area contributed by atoms with Crippen molar-refractivity contribution in [3.63, 3.8) is 0 Å². The van der Waals surface area contributed by atoms with Crippen LogP contribution in [0.4, 0.5) is 10.1 Å². The summed E-state index contributed by atoms with van der Waals surface area (Å²) in [4.78, 5) is 41.0. The molecule has 2 aromatic carbocycles. The number of rotatable bonds is 11. The topological polar surface area (TPSA) is 97.0 Å². The number of halogens is 1. The maximum Gasteiger partial charge on any atom is 0.307 e. The molecule has 2 amide bonds. The summed E-state index contributed by atoms with van der Waals surface area (Å²) >= 11 is 0. The normalized spacial score (nSPS) is 14.3. The van der Waals surface area contributed by atoms with Crippen LogP contribution in [0.25, 0.3) is 0 Å². The molecule has 0 bridgehead atoms. The summed E-state index contributed by atoms with van der Waals surface area (Å²) in [6.45, 7) is 8.91. The van der Waals surface area contributed by atoms with E-state index in [1.807, 2.05) is 25.7 Å². The lowest BCUT2D eigenvalue weighted by Gasteiger charge is -2.30. The first-order valence-electron chi connectivity index (χ1n) is 12.9. The molecule has 2 N–H and O–H groups in total. The van der Waals surface area contributed by atoms with Gasteiger partial charge >= 0.3 is 5.97 Å². The van der Waals surface area contributed by atoms with Crippen molar-refractivity contribution in [2.75, 3.05) is 31.7 Å². The van der Waals surface area contributed by atoms with Gasteiger partial charge in [0.05, 0.1) is 26.2 Å². The number of benzene rings is 2. The van der Waals surface area contributed by atoms with Gasteiger partial charge in [0.1, 0.15) is 17.6 Å². The Kier molecular flexibility index (Phi) is 9.72. The lowest BCUT2D eigenvalue weighted by atomic mass is 9.87. The average Bonchev–Trinajstić information content (AvgIpc) is 3.24. The Hall–Kier alpha value is -3.62. The number of esters is 1. The van der Waals surface area contributed by atoms with Gasteiger partial charge in [0.15, 0.2) is 0 Å². The van der Waals surface area contributed by atoms with E-state index < -0.39 is 24.0 Å². The quantitative estimate of drug-likeness (QED) is 0.431. The Labute approximate surface area is 223 Å². The highest BCUT2D eigenvalue weighted by molar-refractivity contribution is 5.98. The summed E-state index contributed by atoms with van der Waals surface area (Å²) in [6.07, 6.45) is 1.03. The monoisotopic (exact) mass is 527 g/mol. The van der Waals surface area contributed by atoms with Gasteiger partial charge < -0.3 is 25.0 Å². The van der Waals surface area contributed by atoms with Gasteiger partial charge in [-0.3, -0.25) is 14.4 Å². The van der Waals surface area contributed by atoms with Gasteiger partial charge in [0.2, 0.25) is 5.91 Å². The highest BCUT2D eigenvalue weighted by Gasteiger charge is 2.31. The van der Waals surface area contributed by atoms with Gasteiger partial charge in [0.25, 0.3) is 5.91 Å². The van der Waals surface area contributed by atoms with Crippen molar-refractivity contribution >= 4 is 23.5 Å². The van der Waals surface area contributed by atoms with Crippen molar-refractivity contribution in [1.29, 1.82) is 0 Å². The van der Waals surface area contributed by atoms with Crippen molar-refractivity contribution in [3.8, 4) is 5.75 Å². The highest BCUT2D eigenvalue weighted by atomic mass is 19.1. The number of nitrogens with zero attached hydrogens (tertiary/aromatic N) is 1. The number of carbonyl (C=O) groups excluding carboxylic acids is 3. The third-order valence-electron chi connectivity index (χ3n) is 6.31. The Bertz CT molecular complexity index is 1150. The zero-order valence-electron chi connectivity index (χ0n) is 22.8. The molecule has 8 nitrogen and oxygen atoms in total. The Morgan fingerprint density at radius 3 is 2.55 bits per heavy atom. The molecular formula is C29H38FN3O5. The van der Waals surface area contributed by atoms with Crippen LogP contribution in [0.1, 0.15) is 56.5 Å². The van der Waals surface area contributed by atoms with E-state index in [0.29, 0.717) is 37.2 Å². The summed E-state index contributed by atoms with van der Waals surface area (Å²) in [5.74, 6) is -0.965. The molecule has 1 aliphatic rings. The van der Waals surface area contributed by atoms with Gasteiger partial charge in [0, 0.05) is 24.3 Å². The molecule has 1 aliphatic heterocycles. The molecule has 0 saturated carbocycles. The first kappa shape index (κ1) is 28.9. The first-order valence-corrected chi connectivity index (χ1v) is 12.9. The summed E-state index contributed by atoms with van der Waals surface area (Å²) in [5, 5.41) is 5.84. The number of anilines is 1. The molecule has 2 atom stereocenters. The molecular weight excluding hydrogens is 489 g/mol. The molecule has 0 aromatic heterocycles. The summed E-state index contributed by atoms with van der Waals surface area (Å²) in [5.41, 5.74) is 1.88. The van der Waals surface area contributed by atoms with Crippen LogP contribution in [0.15, 0.2) is 42.5 Å². The molecule has 0 radical (unpaired) electrons. The second kappa shape index (κ2) is 12.8. The first-order chi connectivity index (χ1) is 18.0. The largest absolute Gasteiger partial charge is 0.497 e. The van der Waals surface area contributed by atoms with Crippen LogP contribution in [0, 0.1) is 11.2 Å². The minimum absolute atomic E-state index is 0.0291. The van der Waals surface area contributed by atoms with E-state index in [1.54, 1.807) is 37.3 Å². The van der Waals surface area contributed by atoms with Gasteiger partial charge in [-0.2, -0.15) is 0 Å². The van der Waals surface area contributed by atoms with Crippen LogP contribution in [-0.2, 0) is 20.7 Å². The van der Waals surface area contributed by atoms with Gasteiger partial charge in [-0.15, -0.1) is 0 Å². The van der Waals surface area contributed by atoms with E-state index in [4.69, 9.17) is 9.47 Å². The van der Waals surface area contributed by atoms with Crippen molar-refractivity contribution in [3.05, 3.63) is 59.4 Å². The fourth-order valence-electron chi connectivity index (χ4n) is 4.61. The van der Waals surface area contributed by atoms with E-state index in [1.165, 1.54) is 19.2 Å². The fourth-order valence-corrected chi connectivity index (χ4v) is 4.61. The van der Waals surface area contributed by atoms with Gasteiger partial charge in [-0.1, -0.05) is 26.8 Å². The van der Waals surface area contributed by atoms with Crippen LogP contribution in [0.2, 0.25) is 0 Å². The molecule has 0 aliphatic carbocycles. The Morgan fingerprint density at radius 2 is 1.87 bits per heavy atom. The molecule has 1 unspecified atom stereocenters. The average molecular weight is 528 g/mol. The number of hydrogen-bond acceptors (Lipinski definition) is 6. The number of nitrogens with one attached hydrogen (secondary N) is 2. The van der Waals surface area contributed by atoms with E-state index in [-0.39, 0.29) is 30.2 Å². The minimum atomic E-state index is -0.835. The van der Waals surface area contributed by atoms with Crippen molar-refractivity contribution < 1.29 is 28.2 Å². The van der Waals surface area contributed by atoms with Crippen LogP contribution in [0.3, 0.4) is 0 Å². The lowest BCUT2D eigenvalue weighted by molar-refractivity contribution is -0.143. The molecule has 0 spiro atoms. The maximum atomic E-state index is 13.7.